The van der Waals surface area contributed by atoms with Crippen molar-refractivity contribution >= 4 is 46.5 Å². The molecule has 1 fully saturated rings. The third-order valence-corrected chi connectivity index (χ3v) is 7.71. The van der Waals surface area contributed by atoms with Crippen LogP contribution in [-0.4, -0.2) is 30.0 Å². The Hall–Kier alpha value is -3.72. The molecule has 0 aliphatic carbocycles. The van der Waals surface area contributed by atoms with Crippen LogP contribution < -0.4 is 15.1 Å². The largest absolute Gasteiger partial charge is 0.322 e. The van der Waals surface area contributed by atoms with Gasteiger partial charge in [-0.3, -0.25) is 24.2 Å². The highest BCUT2D eigenvalue weighted by molar-refractivity contribution is 8.02. The van der Waals surface area contributed by atoms with Crippen LogP contribution in [0.25, 0.3) is 0 Å². The van der Waals surface area contributed by atoms with Crippen molar-refractivity contribution in [3.63, 3.8) is 0 Å². The number of nitrogens with one attached hydrogen (secondary N) is 1. The second-order valence-corrected chi connectivity index (χ2v) is 9.68. The van der Waals surface area contributed by atoms with Crippen LogP contribution in [0.15, 0.2) is 60.7 Å². The molecule has 35 heavy (non-hydrogen) atoms. The summed E-state index contributed by atoms with van der Waals surface area (Å²) in [5.74, 6) is -2.86. The van der Waals surface area contributed by atoms with Gasteiger partial charge in [0.25, 0.3) is 5.91 Å². The number of benzene rings is 3. The Kier molecular flexibility index (Phi) is 5.59. The molecule has 0 saturated carbocycles. The molecule has 6 nitrogen and oxygen atoms in total. The summed E-state index contributed by atoms with van der Waals surface area (Å²) in [6.07, 6.45) is 0. The SMILES string of the molecule is Cc1ccc(N2C(=O)CS[C@@]23C(=O)N(CC(=O)Nc2ccc(F)cc2F)c2ccccc23)cc1C. The first kappa shape index (κ1) is 23.0. The number of carbonyl (C=O) groups excluding carboxylic acids is 3. The van der Waals surface area contributed by atoms with Crippen LogP contribution in [0.5, 0.6) is 0 Å². The van der Waals surface area contributed by atoms with E-state index < -0.39 is 34.9 Å². The lowest BCUT2D eigenvalue weighted by Crippen LogP contribution is -2.51. The topological polar surface area (TPSA) is 69.7 Å². The van der Waals surface area contributed by atoms with E-state index in [0.29, 0.717) is 23.0 Å². The number of thioether (sulfide) groups is 1. The molecule has 0 aromatic heterocycles. The number of para-hydroxylation sites is 1. The zero-order valence-electron chi connectivity index (χ0n) is 19.0. The van der Waals surface area contributed by atoms with Gasteiger partial charge in [-0.25, -0.2) is 8.78 Å². The number of amides is 3. The number of hydrogen-bond donors (Lipinski definition) is 1. The van der Waals surface area contributed by atoms with Crippen molar-refractivity contribution in [1.82, 2.24) is 0 Å². The second kappa shape index (κ2) is 8.49. The first-order chi connectivity index (χ1) is 16.7. The second-order valence-electron chi connectivity index (χ2n) is 8.51. The van der Waals surface area contributed by atoms with E-state index in [4.69, 9.17) is 0 Å². The number of hydrogen-bond acceptors (Lipinski definition) is 4. The van der Waals surface area contributed by atoms with Crippen molar-refractivity contribution < 1.29 is 23.2 Å². The molecule has 0 bridgehead atoms. The number of halogens is 2. The highest BCUT2D eigenvalue weighted by Crippen LogP contribution is 2.55. The van der Waals surface area contributed by atoms with Crippen LogP contribution in [0.4, 0.5) is 25.8 Å². The maximum absolute atomic E-state index is 14.0. The smallest absolute Gasteiger partial charge is 0.269 e. The van der Waals surface area contributed by atoms with Gasteiger partial charge in [0.1, 0.15) is 18.2 Å². The van der Waals surface area contributed by atoms with Crippen molar-refractivity contribution in [2.45, 2.75) is 18.7 Å². The molecule has 0 unspecified atom stereocenters. The van der Waals surface area contributed by atoms with Gasteiger partial charge in [-0.2, -0.15) is 0 Å². The summed E-state index contributed by atoms with van der Waals surface area (Å²) in [5, 5.41) is 2.40. The van der Waals surface area contributed by atoms with Crippen LogP contribution in [0.2, 0.25) is 0 Å². The zero-order valence-corrected chi connectivity index (χ0v) is 19.8. The van der Waals surface area contributed by atoms with Crippen molar-refractivity contribution in [1.29, 1.82) is 0 Å². The highest BCUT2D eigenvalue weighted by atomic mass is 32.2. The van der Waals surface area contributed by atoms with Gasteiger partial charge < -0.3 is 5.32 Å². The van der Waals surface area contributed by atoms with E-state index >= 15 is 0 Å². The summed E-state index contributed by atoms with van der Waals surface area (Å²) < 4.78 is 27.3. The fraction of sp³-hybridized carbons (Fsp3) is 0.192. The lowest BCUT2D eigenvalue weighted by molar-refractivity contribution is -0.124. The van der Waals surface area contributed by atoms with Crippen LogP contribution >= 0.6 is 11.8 Å². The predicted molar refractivity (Wildman–Crippen MR) is 131 cm³/mol. The monoisotopic (exact) mass is 493 g/mol. The quantitative estimate of drug-likeness (QED) is 0.581. The molecule has 1 spiro atoms. The Morgan fingerprint density at radius 3 is 2.54 bits per heavy atom. The Morgan fingerprint density at radius 1 is 1.03 bits per heavy atom. The number of nitrogens with zero attached hydrogens (tertiary/aromatic N) is 2. The fourth-order valence-electron chi connectivity index (χ4n) is 4.50. The van der Waals surface area contributed by atoms with Gasteiger partial charge in [0.2, 0.25) is 16.7 Å². The summed E-state index contributed by atoms with van der Waals surface area (Å²) in [7, 11) is 0. The molecule has 178 valence electrons. The van der Waals surface area contributed by atoms with Gasteiger partial charge in [0.05, 0.1) is 17.1 Å². The summed E-state index contributed by atoms with van der Waals surface area (Å²) >= 11 is 1.21. The molecule has 2 aliphatic heterocycles. The highest BCUT2D eigenvalue weighted by Gasteiger charge is 2.61. The third-order valence-electron chi connectivity index (χ3n) is 6.32. The summed E-state index contributed by atoms with van der Waals surface area (Å²) in [6, 6.07) is 15.5. The zero-order chi connectivity index (χ0) is 24.9. The van der Waals surface area contributed by atoms with Gasteiger partial charge in [0.15, 0.2) is 0 Å². The molecule has 9 heteroatoms. The average molecular weight is 494 g/mol. The molecule has 5 rings (SSSR count). The predicted octanol–water partition coefficient (Wildman–Crippen LogP) is 4.50. The van der Waals surface area contributed by atoms with Gasteiger partial charge in [-0.15, -0.1) is 11.8 Å². The molecule has 0 radical (unpaired) electrons. The maximum atomic E-state index is 14.0. The van der Waals surface area contributed by atoms with Crippen molar-refractivity contribution in [3.8, 4) is 0 Å². The Balaban J connectivity index is 1.52. The minimum atomic E-state index is -1.35. The fourth-order valence-corrected chi connectivity index (χ4v) is 5.86. The van der Waals surface area contributed by atoms with E-state index in [1.54, 1.807) is 24.3 Å². The molecule has 3 amide bonds. The Labute approximate surface area is 204 Å². The summed E-state index contributed by atoms with van der Waals surface area (Å²) in [4.78, 5) is 41.4. The third kappa shape index (κ3) is 3.67. The molecular formula is C26H21F2N3O3S. The molecule has 1 N–H and O–H groups in total. The molecule has 2 heterocycles. The van der Waals surface area contributed by atoms with Crippen LogP contribution in [-0.2, 0) is 19.3 Å². The minimum Gasteiger partial charge on any atom is -0.322 e. The van der Waals surface area contributed by atoms with E-state index in [1.165, 1.54) is 21.6 Å². The van der Waals surface area contributed by atoms with E-state index in [-0.39, 0.29) is 17.3 Å². The number of carbonyl (C=O) groups is 3. The molecular weight excluding hydrogens is 472 g/mol. The van der Waals surface area contributed by atoms with E-state index in [2.05, 4.69) is 5.32 Å². The van der Waals surface area contributed by atoms with Crippen molar-refractivity contribution in [2.24, 2.45) is 0 Å². The Morgan fingerprint density at radius 2 is 1.80 bits per heavy atom. The van der Waals surface area contributed by atoms with E-state index in [9.17, 15) is 23.2 Å². The maximum Gasteiger partial charge on any atom is 0.269 e. The van der Waals surface area contributed by atoms with E-state index in [1.807, 2.05) is 32.0 Å². The average Bonchev–Trinajstić information content (AvgIpc) is 3.29. The van der Waals surface area contributed by atoms with Gasteiger partial charge in [-0.1, -0.05) is 24.3 Å². The number of aryl methyl sites for hydroxylation is 2. The number of anilines is 3. The Bertz CT molecular complexity index is 1400. The number of rotatable bonds is 4. The first-order valence-corrected chi connectivity index (χ1v) is 11.9. The lowest BCUT2D eigenvalue weighted by Gasteiger charge is -2.33. The lowest BCUT2D eigenvalue weighted by atomic mass is 10.0. The first-order valence-electron chi connectivity index (χ1n) is 10.9. The van der Waals surface area contributed by atoms with Gasteiger partial charge >= 0.3 is 0 Å². The molecule has 3 aromatic rings. The molecule has 3 aromatic carbocycles. The number of fused-ring (bicyclic) bond motifs is 2. The van der Waals surface area contributed by atoms with E-state index in [0.717, 1.165) is 23.3 Å². The molecule has 1 saturated heterocycles. The van der Waals surface area contributed by atoms with Crippen molar-refractivity contribution in [3.05, 3.63) is 89.0 Å². The summed E-state index contributed by atoms with van der Waals surface area (Å²) in [6.45, 7) is 3.51. The molecule has 2 aliphatic rings. The van der Waals surface area contributed by atoms with Crippen LogP contribution in [0.1, 0.15) is 16.7 Å². The summed E-state index contributed by atoms with van der Waals surface area (Å²) in [5.41, 5.74) is 3.58. The van der Waals surface area contributed by atoms with Crippen molar-refractivity contribution in [2.75, 3.05) is 27.4 Å². The van der Waals surface area contributed by atoms with Gasteiger partial charge in [-0.05, 0) is 55.3 Å². The minimum absolute atomic E-state index is 0.105. The normalized spacial score (nSPS) is 19.0. The van der Waals surface area contributed by atoms with Crippen LogP contribution in [0.3, 0.4) is 0 Å². The molecule has 1 atom stereocenters. The standard InChI is InChI=1S/C26H21F2N3O3S/c1-15-7-9-18(11-16(15)2)31-24(33)14-35-26(31)19-5-3-4-6-22(19)30(25(26)34)13-23(32)29-21-10-8-17(27)12-20(21)28/h3-12H,13-14H2,1-2H3,(H,29,32)/t26-/m0/s1. The van der Waals surface area contributed by atoms with Crippen LogP contribution in [0, 0.1) is 25.5 Å². The van der Waals surface area contributed by atoms with Gasteiger partial charge in [0, 0.05) is 17.3 Å².